The van der Waals surface area contributed by atoms with E-state index in [1.165, 1.54) is 24.6 Å². The predicted octanol–water partition coefficient (Wildman–Crippen LogP) is 3.70. The fourth-order valence-corrected chi connectivity index (χ4v) is 4.61. The number of hydrogen-bond donors (Lipinski definition) is 2. The molecule has 2 fully saturated rings. The maximum absolute atomic E-state index is 12.3. The number of nitrogens with zero attached hydrogens (tertiary/aromatic N) is 1. The minimum atomic E-state index is -1.26. The summed E-state index contributed by atoms with van der Waals surface area (Å²) in [5, 5.41) is 16.1. The number of hydrogen-bond acceptors (Lipinski definition) is 6. The van der Waals surface area contributed by atoms with Gasteiger partial charge in [-0.3, -0.25) is 4.79 Å². The zero-order valence-corrected chi connectivity index (χ0v) is 18.4. The first-order chi connectivity index (χ1) is 14.2. The molecule has 1 aromatic rings. The lowest BCUT2D eigenvalue weighted by Gasteiger charge is -2.36. The summed E-state index contributed by atoms with van der Waals surface area (Å²) in [6.07, 6.45) is 5.65. The van der Waals surface area contributed by atoms with E-state index in [0.29, 0.717) is 29.3 Å². The molecule has 0 spiro atoms. The lowest BCUT2D eigenvalue weighted by molar-refractivity contribution is -0.151. The second-order valence-corrected chi connectivity index (χ2v) is 9.16. The van der Waals surface area contributed by atoms with Crippen LogP contribution in [0.25, 0.3) is 0 Å². The molecule has 3 unspecified atom stereocenters. The van der Waals surface area contributed by atoms with Crippen molar-refractivity contribution in [2.24, 2.45) is 0 Å². The van der Waals surface area contributed by atoms with Gasteiger partial charge >= 0.3 is 17.9 Å². The largest absolute Gasteiger partial charge is 0.478 e. The van der Waals surface area contributed by atoms with Gasteiger partial charge in [-0.2, -0.15) is 0 Å². The van der Waals surface area contributed by atoms with Crippen molar-refractivity contribution in [1.82, 2.24) is 4.90 Å². The van der Waals surface area contributed by atoms with Gasteiger partial charge in [0.2, 0.25) is 0 Å². The van der Waals surface area contributed by atoms with Gasteiger partial charge in [0.05, 0.1) is 0 Å². The zero-order valence-electron chi connectivity index (χ0n) is 16.9. The van der Waals surface area contributed by atoms with Crippen molar-refractivity contribution in [3.05, 3.63) is 41.4 Å². The molecule has 2 saturated heterocycles. The van der Waals surface area contributed by atoms with Crippen LogP contribution >= 0.6 is 23.4 Å². The second-order valence-electron chi connectivity index (χ2n) is 7.30. The molecule has 164 valence electrons. The summed E-state index contributed by atoms with van der Waals surface area (Å²) in [6, 6.07) is 8.75. The SMILES string of the molecule is CC(Sc1ccc(Cl)cc1)C(=O)OC1CC2CCC(C1)N2C.O=C(O)/C=C\C(=O)O. The molecule has 2 N–H and O–H groups in total. The third-order valence-corrected chi connectivity index (χ3v) is 6.51. The monoisotopic (exact) mass is 455 g/mol. The molecular formula is C21H26ClNO6S. The van der Waals surface area contributed by atoms with Crippen molar-refractivity contribution < 1.29 is 29.3 Å². The minimum absolute atomic E-state index is 0.0921. The van der Waals surface area contributed by atoms with Gasteiger partial charge in [-0.1, -0.05) is 11.6 Å². The van der Waals surface area contributed by atoms with E-state index in [9.17, 15) is 14.4 Å². The Kier molecular flexibility index (Phi) is 9.20. The van der Waals surface area contributed by atoms with E-state index >= 15 is 0 Å². The number of aliphatic carboxylic acids is 2. The van der Waals surface area contributed by atoms with Crippen LogP contribution < -0.4 is 0 Å². The van der Waals surface area contributed by atoms with E-state index < -0.39 is 11.9 Å². The summed E-state index contributed by atoms with van der Waals surface area (Å²) in [7, 11) is 2.19. The molecule has 2 aliphatic rings. The van der Waals surface area contributed by atoms with Crippen LogP contribution in [-0.2, 0) is 19.1 Å². The Balaban J connectivity index is 0.000000343. The quantitative estimate of drug-likeness (QED) is 0.380. The smallest absolute Gasteiger partial charge is 0.328 e. The van der Waals surface area contributed by atoms with Gasteiger partial charge in [-0.05, 0) is 63.9 Å². The molecule has 7 nitrogen and oxygen atoms in total. The topological polar surface area (TPSA) is 104 Å². The molecule has 2 bridgehead atoms. The number of piperidine rings is 1. The molecular weight excluding hydrogens is 430 g/mol. The zero-order chi connectivity index (χ0) is 22.3. The number of thioether (sulfide) groups is 1. The lowest BCUT2D eigenvalue weighted by atomic mass is 10.0. The maximum Gasteiger partial charge on any atom is 0.328 e. The molecule has 30 heavy (non-hydrogen) atoms. The standard InChI is InChI=1S/C17H22ClNO2S.C4H4O4/c1-11(22-16-7-3-12(18)4-8-16)17(20)21-15-9-13-5-6-14(10-15)19(13)2;5-3(6)1-2-4(7)8/h3-4,7-8,11,13-15H,5-6,9-10H2,1-2H3;1-2H,(H,5,6)(H,7,8)/b;2-1-. The first-order valence-electron chi connectivity index (χ1n) is 9.64. The molecule has 0 amide bonds. The molecule has 1 aromatic carbocycles. The van der Waals surface area contributed by atoms with Crippen molar-refractivity contribution in [1.29, 1.82) is 0 Å². The summed E-state index contributed by atoms with van der Waals surface area (Å²) >= 11 is 7.40. The van der Waals surface area contributed by atoms with Crippen molar-refractivity contribution in [2.75, 3.05) is 7.05 Å². The Morgan fingerprint density at radius 1 is 1.10 bits per heavy atom. The number of rotatable bonds is 6. The minimum Gasteiger partial charge on any atom is -0.478 e. The Morgan fingerprint density at radius 2 is 1.60 bits per heavy atom. The first kappa shape index (κ1) is 24.2. The second kappa shape index (κ2) is 11.4. The van der Waals surface area contributed by atoms with Crippen LogP contribution in [0.4, 0.5) is 0 Å². The molecule has 2 aliphatic heterocycles. The van der Waals surface area contributed by atoms with Crippen LogP contribution in [0.3, 0.4) is 0 Å². The fraction of sp³-hybridized carbons (Fsp3) is 0.476. The van der Waals surface area contributed by atoms with E-state index in [1.54, 1.807) is 0 Å². The molecule has 3 rings (SSSR count). The number of halogens is 1. The van der Waals surface area contributed by atoms with E-state index in [-0.39, 0.29) is 17.3 Å². The molecule has 9 heteroatoms. The number of ether oxygens (including phenoxy) is 1. The Labute approximate surface area is 185 Å². The van der Waals surface area contributed by atoms with Crippen LogP contribution in [0.2, 0.25) is 5.02 Å². The van der Waals surface area contributed by atoms with Crippen molar-refractivity contribution in [2.45, 2.75) is 60.9 Å². The van der Waals surface area contributed by atoms with E-state index in [2.05, 4.69) is 11.9 Å². The van der Waals surface area contributed by atoms with Gasteiger partial charge in [0.1, 0.15) is 11.4 Å². The average Bonchev–Trinajstić information content (AvgIpc) is 2.89. The first-order valence-corrected chi connectivity index (χ1v) is 10.9. The molecule has 0 aliphatic carbocycles. The number of benzene rings is 1. The van der Waals surface area contributed by atoms with Crippen molar-refractivity contribution in [3.63, 3.8) is 0 Å². The highest BCUT2D eigenvalue weighted by Gasteiger charge is 2.40. The van der Waals surface area contributed by atoms with Gasteiger partial charge in [0.25, 0.3) is 0 Å². The molecule has 2 heterocycles. The maximum atomic E-state index is 12.3. The lowest BCUT2D eigenvalue weighted by Crippen LogP contribution is -2.44. The summed E-state index contributed by atoms with van der Waals surface area (Å²) < 4.78 is 5.77. The number of fused-ring (bicyclic) bond motifs is 2. The highest BCUT2D eigenvalue weighted by molar-refractivity contribution is 8.00. The number of carboxylic acid groups (broad SMARTS) is 2. The van der Waals surface area contributed by atoms with Crippen LogP contribution in [-0.4, -0.2) is 63.5 Å². The van der Waals surface area contributed by atoms with E-state index in [0.717, 1.165) is 17.7 Å². The predicted molar refractivity (Wildman–Crippen MR) is 115 cm³/mol. The number of esters is 1. The van der Waals surface area contributed by atoms with Crippen molar-refractivity contribution >= 4 is 41.3 Å². The summed E-state index contributed by atoms with van der Waals surface area (Å²) in [4.78, 5) is 34.9. The van der Waals surface area contributed by atoms with Gasteiger partial charge in [-0.25, -0.2) is 9.59 Å². The third kappa shape index (κ3) is 7.66. The van der Waals surface area contributed by atoms with Gasteiger partial charge < -0.3 is 19.8 Å². The molecule has 0 saturated carbocycles. The summed E-state index contributed by atoms with van der Waals surface area (Å²) in [5.74, 6) is -2.62. The summed E-state index contributed by atoms with van der Waals surface area (Å²) in [5.41, 5.74) is 0. The van der Waals surface area contributed by atoms with Crippen LogP contribution in [0, 0.1) is 0 Å². The van der Waals surface area contributed by atoms with Crippen LogP contribution in [0.15, 0.2) is 41.3 Å². The van der Waals surface area contributed by atoms with E-state index in [1.807, 2.05) is 31.2 Å². The van der Waals surface area contributed by atoms with Crippen LogP contribution in [0.1, 0.15) is 32.6 Å². The molecule has 0 radical (unpaired) electrons. The Bertz CT molecular complexity index is 754. The number of carbonyl (C=O) groups is 3. The third-order valence-electron chi connectivity index (χ3n) is 5.16. The molecule has 0 aromatic heterocycles. The normalized spacial score (nSPS) is 24.0. The molecule has 3 atom stereocenters. The number of carboxylic acids is 2. The van der Waals surface area contributed by atoms with Gasteiger partial charge in [-0.15, -0.1) is 11.8 Å². The van der Waals surface area contributed by atoms with Crippen LogP contribution in [0.5, 0.6) is 0 Å². The highest BCUT2D eigenvalue weighted by Crippen LogP contribution is 2.36. The Morgan fingerprint density at radius 3 is 2.07 bits per heavy atom. The highest BCUT2D eigenvalue weighted by atomic mass is 35.5. The number of carbonyl (C=O) groups excluding carboxylic acids is 1. The fourth-order valence-electron chi connectivity index (χ4n) is 3.63. The Hall–Kier alpha value is -2.03. The van der Waals surface area contributed by atoms with Crippen molar-refractivity contribution in [3.8, 4) is 0 Å². The average molecular weight is 456 g/mol. The summed E-state index contributed by atoms with van der Waals surface area (Å²) in [6.45, 7) is 1.91. The van der Waals surface area contributed by atoms with Gasteiger partial charge in [0.15, 0.2) is 0 Å². The van der Waals surface area contributed by atoms with E-state index in [4.69, 9.17) is 26.6 Å². The van der Waals surface area contributed by atoms with Gasteiger partial charge in [0, 0.05) is 34.2 Å².